The molecule has 1 nitrogen and oxygen atoms in total. The normalized spacial score (nSPS) is 12.1. The van der Waals surface area contributed by atoms with Gasteiger partial charge in [0.2, 0.25) is 0 Å². The average molecular weight is 219 g/mol. The fraction of sp³-hybridized carbons (Fsp3) is 0.600. The van der Waals surface area contributed by atoms with E-state index in [0.29, 0.717) is 0 Å². The van der Waals surface area contributed by atoms with Crippen molar-refractivity contribution in [1.29, 1.82) is 0 Å². The monoisotopic (exact) mass is 219 g/mol. The first-order valence-electron chi connectivity index (χ1n) is 6.28. The molecule has 0 aliphatic carbocycles. The summed E-state index contributed by atoms with van der Waals surface area (Å²) >= 11 is 0. The summed E-state index contributed by atoms with van der Waals surface area (Å²) in [5.41, 5.74) is 1.70. The second kappa shape index (κ2) is 6.05. The van der Waals surface area contributed by atoms with E-state index in [1.165, 1.54) is 12.0 Å². The molecule has 1 aromatic rings. The lowest BCUT2D eigenvalue weighted by Gasteiger charge is -2.25. The molecule has 1 N–H and O–H groups in total. The van der Waals surface area contributed by atoms with Crippen molar-refractivity contribution in [2.45, 2.75) is 39.5 Å². The van der Waals surface area contributed by atoms with Gasteiger partial charge in [-0.3, -0.25) is 0 Å². The minimum atomic E-state index is 0.269. The van der Waals surface area contributed by atoms with Crippen LogP contribution in [0.2, 0.25) is 0 Å². The van der Waals surface area contributed by atoms with E-state index in [1.807, 2.05) is 0 Å². The summed E-state index contributed by atoms with van der Waals surface area (Å²) < 4.78 is 0. The summed E-state index contributed by atoms with van der Waals surface area (Å²) in [4.78, 5) is 0. The quantitative estimate of drug-likeness (QED) is 0.721. The van der Waals surface area contributed by atoms with Gasteiger partial charge in [-0.05, 0) is 36.4 Å². The molecule has 90 valence electrons. The van der Waals surface area contributed by atoms with Gasteiger partial charge in [-0.2, -0.15) is 0 Å². The van der Waals surface area contributed by atoms with E-state index in [2.05, 4.69) is 63.3 Å². The smallest absolute Gasteiger partial charge is 0.00258 e. The zero-order valence-electron chi connectivity index (χ0n) is 11.1. The highest BCUT2D eigenvalue weighted by Gasteiger charge is 2.19. The van der Waals surface area contributed by atoms with Crippen LogP contribution in [0, 0.1) is 5.92 Å². The van der Waals surface area contributed by atoms with E-state index in [9.17, 15) is 0 Å². The van der Waals surface area contributed by atoms with Crippen molar-refractivity contribution in [3.05, 3.63) is 35.9 Å². The Morgan fingerprint density at radius 3 is 2.31 bits per heavy atom. The van der Waals surface area contributed by atoms with Crippen molar-refractivity contribution in [2.24, 2.45) is 5.92 Å². The first-order valence-corrected chi connectivity index (χ1v) is 6.28. The zero-order valence-corrected chi connectivity index (χ0v) is 11.1. The van der Waals surface area contributed by atoms with Gasteiger partial charge in [-0.1, -0.05) is 58.0 Å². The van der Waals surface area contributed by atoms with Gasteiger partial charge in [0.1, 0.15) is 0 Å². The van der Waals surface area contributed by atoms with Crippen LogP contribution in [0.3, 0.4) is 0 Å². The van der Waals surface area contributed by atoms with Crippen LogP contribution in [0.4, 0.5) is 0 Å². The minimum Gasteiger partial charge on any atom is -0.316 e. The van der Waals surface area contributed by atoms with Crippen molar-refractivity contribution < 1.29 is 0 Å². The van der Waals surface area contributed by atoms with Crippen molar-refractivity contribution in [3.63, 3.8) is 0 Å². The van der Waals surface area contributed by atoms with Gasteiger partial charge >= 0.3 is 0 Å². The van der Waals surface area contributed by atoms with Crippen LogP contribution in [0.15, 0.2) is 30.3 Å². The maximum Gasteiger partial charge on any atom is -0.00258 e. The number of hydrogen-bond acceptors (Lipinski definition) is 1. The van der Waals surface area contributed by atoms with Gasteiger partial charge in [0.25, 0.3) is 0 Å². The van der Waals surface area contributed by atoms with E-state index >= 15 is 0 Å². The van der Waals surface area contributed by atoms with E-state index < -0.39 is 0 Å². The molecule has 0 saturated carbocycles. The van der Waals surface area contributed by atoms with Crippen LogP contribution in [0.1, 0.15) is 39.7 Å². The lowest BCUT2D eigenvalue weighted by atomic mass is 9.81. The lowest BCUT2D eigenvalue weighted by molar-refractivity contribution is 0.442. The van der Waals surface area contributed by atoms with Crippen LogP contribution < -0.4 is 5.32 Å². The highest BCUT2D eigenvalue weighted by Crippen LogP contribution is 2.25. The molecule has 0 aliphatic heterocycles. The standard InChI is InChI=1S/C15H25N/c1-13(2)12-16-11-10-15(3,4)14-8-6-5-7-9-14/h5-9,13,16H,10-12H2,1-4H3. The molecular formula is C15H25N. The Morgan fingerprint density at radius 1 is 1.12 bits per heavy atom. The second-order valence-corrected chi connectivity index (χ2v) is 5.60. The molecule has 16 heavy (non-hydrogen) atoms. The van der Waals surface area contributed by atoms with Crippen LogP contribution in [0.5, 0.6) is 0 Å². The molecule has 1 rings (SSSR count). The molecule has 0 bridgehead atoms. The molecule has 0 fully saturated rings. The third-order valence-electron chi connectivity index (χ3n) is 3.03. The Morgan fingerprint density at radius 2 is 1.75 bits per heavy atom. The third-order valence-corrected chi connectivity index (χ3v) is 3.03. The van der Waals surface area contributed by atoms with Gasteiger partial charge in [-0.15, -0.1) is 0 Å². The Balaban J connectivity index is 2.40. The molecule has 0 aliphatic rings. The fourth-order valence-electron chi connectivity index (χ4n) is 1.83. The SMILES string of the molecule is CC(C)CNCCC(C)(C)c1ccccc1. The minimum absolute atomic E-state index is 0.269. The predicted molar refractivity (Wildman–Crippen MR) is 71.8 cm³/mol. The number of nitrogens with one attached hydrogen (secondary N) is 1. The van der Waals surface area contributed by atoms with Crippen LogP contribution in [-0.4, -0.2) is 13.1 Å². The number of benzene rings is 1. The van der Waals surface area contributed by atoms with Crippen LogP contribution in [0.25, 0.3) is 0 Å². The van der Waals surface area contributed by atoms with Gasteiger partial charge < -0.3 is 5.32 Å². The van der Waals surface area contributed by atoms with E-state index in [-0.39, 0.29) is 5.41 Å². The Kier molecular flexibility index (Phi) is 5.01. The molecule has 1 heteroatoms. The van der Waals surface area contributed by atoms with Gasteiger partial charge in [0, 0.05) is 0 Å². The number of hydrogen-bond donors (Lipinski definition) is 1. The summed E-state index contributed by atoms with van der Waals surface area (Å²) in [6, 6.07) is 10.8. The topological polar surface area (TPSA) is 12.0 Å². The van der Waals surface area contributed by atoms with Crippen LogP contribution >= 0.6 is 0 Å². The molecule has 0 heterocycles. The van der Waals surface area contributed by atoms with Crippen molar-refractivity contribution in [2.75, 3.05) is 13.1 Å². The van der Waals surface area contributed by atoms with Gasteiger partial charge in [0.05, 0.1) is 0 Å². The van der Waals surface area contributed by atoms with Crippen molar-refractivity contribution in [3.8, 4) is 0 Å². The fourth-order valence-corrected chi connectivity index (χ4v) is 1.83. The van der Waals surface area contributed by atoms with E-state index in [4.69, 9.17) is 0 Å². The molecule has 0 radical (unpaired) electrons. The average Bonchev–Trinajstić information content (AvgIpc) is 2.26. The first kappa shape index (κ1) is 13.2. The van der Waals surface area contributed by atoms with Crippen molar-refractivity contribution in [1.82, 2.24) is 5.32 Å². The second-order valence-electron chi connectivity index (χ2n) is 5.60. The molecule has 0 atom stereocenters. The predicted octanol–water partition coefficient (Wildman–Crippen LogP) is 3.60. The molecule has 0 spiro atoms. The molecule has 0 unspecified atom stereocenters. The van der Waals surface area contributed by atoms with E-state index in [1.54, 1.807) is 0 Å². The molecule has 0 saturated heterocycles. The Bertz CT molecular complexity index is 288. The maximum absolute atomic E-state index is 3.51. The molecule has 0 amide bonds. The zero-order chi connectivity index (χ0) is 12.0. The third kappa shape index (κ3) is 4.36. The van der Waals surface area contributed by atoms with Gasteiger partial charge in [-0.25, -0.2) is 0 Å². The lowest BCUT2D eigenvalue weighted by Crippen LogP contribution is -2.27. The molecule has 1 aromatic carbocycles. The summed E-state index contributed by atoms with van der Waals surface area (Å²) in [7, 11) is 0. The summed E-state index contributed by atoms with van der Waals surface area (Å²) in [5.74, 6) is 0.736. The summed E-state index contributed by atoms with van der Waals surface area (Å²) in [6.07, 6.45) is 1.18. The van der Waals surface area contributed by atoms with Crippen LogP contribution in [-0.2, 0) is 5.41 Å². The van der Waals surface area contributed by atoms with Gasteiger partial charge in [0.15, 0.2) is 0 Å². The van der Waals surface area contributed by atoms with E-state index in [0.717, 1.165) is 19.0 Å². The largest absolute Gasteiger partial charge is 0.316 e. The maximum atomic E-state index is 3.51. The Hall–Kier alpha value is -0.820. The highest BCUT2D eigenvalue weighted by atomic mass is 14.8. The highest BCUT2D eigenvalue weighted by molar-refractivity contribution is 5.23. The first-order chi connectivity index (χ1) is 7.52. The Labute approximate surface area is 100 Å². The number of rotatable bonds is 6. The molecular weight excluding hydrogens is 194 g/mol. The summed E-state index contributed by atoms with van der Waals surface area (Å²) in [5, 5.41) is 3.51. The van der Waals surface area contributed by atoms with Crippen molar-refractivity contribution >= 4 is 0 Å². The summed E-state index contributed by atoms with van der Waals surface area (Å²) in [6.45, 7) is 11.3. The molecule has 0 aromatic heterocycles.